The van der Waals surface area contributed by atoms with E-state index in [1.807, 2.05) is 0 Å². The first-order valence-corrected chi connectivity index (χ1v) is 6.02. The Bertz CT molecular complexity index is 206. The molecule has 0 saturated carbocycles. The van der Waals surface area contributed by atoms with Crippen molar-refractivity contribution in [3.8, 4) is 0 Å². The van der Waals surface area contributed by atoms with Crippen LogP contribution in [-0.4, -0.2) is 18.2 Å². The quantitative estimate of drug-likeness (QED) is 0.271. The first kappa shape index (κ1) is 15.2. The van der Waals surface area contributed by atoms with Crippen molar-refractivity contribution in [1.29, 1.82) is 0 Å². The summed E-state index contributed by atoms with van der Waals surface area (Å²) in [5.74, 6) is -0.353. The summed E-state index contributed by atoms with van der Waals surface area (Å²) < 4.78 is 8.87. The molecule has 5 heteroatoms. The molecule has 0 aliphatic heterocycles. The molecular formula is C11H19ClO4. The van der Waals surface area contributed by atoms with Crippen molar-refractivity contribution in [3.05, 3.63) is 0 Å². The highest BCUT2D eigenvalue weighted by atomic mass is 35.5. The number of hydrogen-bond donors (Lipinski definition) is 0. The van der Waals surface area contributed by atoms with Crippen LogP contribution in [0.25, 0.3) is 0 Å². The molecule has 94 valence electrons. The van der Waals surface area contributed by atoms with E-state index >= 15 is 0 Å². The van der Waals surface area contributed by atoms with Gasteiger partial charge in [0.1, 0.15) is 0 Å². The van der Waals surface area contributed by atoms with Crippen molar-refractivity contribution in [1.82, 2.24) is 0 Å². The van der Waals surface area contributed by atoms with E-state index in [1.54, 1.807) is 0 Å². The van der Waals surface area contributed by atoms with Gasteiger partial charge >= 0.3 is 11.4 Å². The van der Waals surface area contributed by atoms with E-state index in [1.165, 1.54) is 19.3 Å². The standard InChI is InChI=1S/C11H19ClO4/c1-2-3-4-5-6-7-8-10(13)15-9-16-11(12)14/h2-9H2,1H3. The number of hydrogen-bond acceptors (Lipinski definition) is 4. The molecule has 0 bridgehead atoms. The monoisotopic (exact) mass is 250 g/mol. The Labute approximate surface area is 101 Å². The van der Waals surface area contributed by atoms with Gasteiger partial charge in [-0.1, -0.05) is 39.0 Å². The number of ether oxygens (including phenoxy) is 2. The summed E-state index contributed by atoms with van der Waals surface area (Å²) in [5, 5.41) is 0. The number of halogens is 1. The van der Waals surface area contributed by atoms with E-state index in [9.17, 15) is 9.59 Å². The van der Waals surface area contributed by atoms with E-state index in [0.29, 0.717) is 6.42 Å². The summed E-state index contributed by atoms with van der Waals surface area (Å²) >= 11 is 4.88. The summed E-state index contributed by atoms with van der Waals surface area (Å²) in [7, 11) is 0. The Morgan fingerprint density at radius 2 is 1.62 bits per heavy atom. The van der Waals surface area contributed by atoms with Crippen molar-refractivity contribution in [3.63, 3.8) is 0 Å². The molecule has 0 spiro atoms. The van der Waals surface area contributed by atoms with Gasteiger partial charge in [0.25, 0.3) is 0 Å². The Kier molecular flexibility index (Phi) is 10.2. The molecule has 0 aromatic rings. The largest absolute Gasteiger partial charge is 0.428 e. The molecule has 0 atom stereocenters. The molecule has 0 aliphatic rings. The van der Waals surface area contributed by atoms with Crippen molar-refractivity contribution in [2.24, 2.45) is 0 Å². The fourth-order valence-corrected chi connectivity index (χ4v) is 1.31. The minimum absolute atomic E-state index is 0.353. The lowest BCUT2D eigenvalue weighted by molar-refractivity contribution is -0.151. The van der Waals surface area contributed by atoms with Gasteiger partial charge in [-0.3, -0.25) is 4.79 Å². The Hall–Kier alpha value is -0.770. The Morgan fingerprint density at radius 1 is 1.00 bits per heavy atom. The second-order valence-electron chi connectivity index (χ2n) is 3.53. The third kappa shape index (κ3) is 11.3. The predicted molar refractivity (Wildman–Crippen MR) is 61.3 cm³/mol. The average molecular weight is 251 g/mol. The lowest BCUT2D eigenvalue weighted by Gasteiger charge is -2.03. The van der Waals surface area contributed by atoms with Crippen LogP contribution in [-0.2, 0) is 14.3 Å². The first-order chi connectivity index (χ1) is 7.66. The maximum atomic E-state index is 11.1. The minimum atomic E-state index is -0.965. The van der Waals surface area contributed by atoms with Gasteiger partial charge in [0, 0.05) is 18.0 Å². The molecule has 0 unspecified atom stereocenters. The molecule has 0 radical (unpaired) electrons. The summed E-state index contributed by atoms with van der Waals surface area (Å²) in [6.07, 6.45) is 7.04. The zero-order valence-electron chi connectivity index (χ0n) is 9.67. The van der Waals surface area contributed by atoms with Gasteiger partial charge in [-0.15, -0.1) is 0 Å². The molecule has 4 nitrogen and oxygen atoms in total. The summed E-state index contributed by atoms with van der Waals surface area (Å²) in [6, 6.07) is 0. The SMILES string of the molecule is CCCCCCCCC(=O)OCOC(=O)Cl. The molecule has 0 saturated heterocycles. The molecule has 0 heterocycles. The third-order valence-corrected chi connectivity index (χ3v) is 2.24. The molecule has 0 aliphatic carbocycles. The summed E-state index contributed by atoms with van der Waals surface area (Å²) in [5.41, 5.74) is -0.965. The van der Waals surface area contributed by atoms with E-state index in [0.717, 1.165) is 19.3 Å². The van der Waals surface area contributed by atoms with Crippen LogP contribution < -0.4 is 0 Å². The Morgan fingerprint density at radius 3 is 2.25 bits per heavy atom. The lowest BCUT2D eigenvalue weighted by Crippen LogP contribution is -2.09. The van der Waals surface area contributed by atoms with E-state index in [2.05, 4.69) is 16.4 Å². The van der Waals surface area contributed by atoms with Gasteiger partial charge in [0.05, 0.1) is 0 Å². The van der Waals surface area contributed by atoms with Gasteiger partial charge in [-0.05, 0) is 6.42 Å². The molecule has 16 heavy (non-hydrogen) atoms. The highest BCUT2D eigenvalue weighted by Crippen LogP contribution is 2.07. The van der Waals surface area contributed by atoms with E-state index < -0.39 is 12.2 Å². The maximum Gasteiger partial charge on any atom is 0.406 e. The molecule has 0 amide bonds. The molecule has 0 aromatic heterocycles. The second kappa shape index (κ2) is 10.7. The highest BCUT2D eigenvalue weighted by Gasteiger charge is 2.03. The van der Waals surface area contributed by atoms with Crippen molar-refractivity contribution < 1.29 is 19.1 Å². The van der Waals surface area contributed by atoms with Gasteiger partial charge in [-0.2, -0.15) is 0 Å². The van der Waals surface area contributed by atoms with Crippen LogP contribution in [0.1, 0.15) is 51.9 Å². The maximum absolute atomic E-state index is 11.1. The Balaban J connectivity index is 3.20. The van der Waals surface area contributed by atoms with Crippen LogP contribution in [0.3, 0.4) is 0 Å². The first-order valence-electron chi connectivity index (χ1n) is 5.64. The van der Waals surface area contributed by atoms with E-state index in [4.69, 9.17) is 11.6 Å². The van der Waals surface area contributed by atoms with Gasteiger partial charge in [-0.25, -0.2) is 4.79 Å². The second-order valence-corrected chi connectivity index (χ2v) is 3.84. The van der Waals surface area contributed by atoms with Gasteiger partial charge < -0.3 is 9.47 Å². The smallest absolute Gasteiger partial charge is 0.406 e. The third-order valence-electron chi connectivity index (χ3n) is 2.13. The van der Waals surface area contributed by atoms with E-state index in [-0.39, 0.29) is 5.97 Å². The fourth-order valence-electron chi connectivity index (χ4n) is 1.26. The minimum Gasteiger partial charge on any atom is -0.428 e. The molecular weight excluding hydrogens is 232 g/mol. The van der Waals surface area contributed by atoms with Crippen LogP contribution >= 0.6 is 11.6 Å². The lowest BCUT2D eigenvalue weighted by atomic mass is 10.1. The van der Waals surface area contributed by atoms with Crippen LogP contribution in [0.2, 0.25) is 0 Å². The summed E-state index contributed by atoms with van der Waals surface area (Å²) in [6.45, 7) is 1.77. The van der Waals surface area contributed by atoms with Crippen LogP contribution in [0.4, 0.5) is 4.79 Å². The van der Waals surface area contributed by atoms with Crippen LogP contribution in [0, 0.1) is 0 Å². The topological polar surface area (TPSA) is 52.6 Å². The van der Waals surface area contributed by atoms with Crippen molar-refractivity contribution in [2.75, 3.05) is 6.79 Å². The van der Waals surface area contributed by atoms with Crippen LogP contribution in [0.15, 0.2) is 0 Å². The molecule has 0 rings (SSSR count). The average Bonchev–Trinajstić information content (AvgIpc) is 2.22. The van der Waals surface area contributed by atoms with Crippen molar-refractivity contribution >= 4 is 23.0 Å². The number of carbonyl (C=O) groups excluding carboxylic acids is 2. The highest BCUT2D eigenvalue weighted by molar-refractivity contribution is 6.61. The molecule has 0 aromatic carbocycles. The predicted octanol–water partition coefficient (Wildman–Crippen LogP) is 3.61. The summed E-state index contributed by atoms with van der Waals surface area (Å²) in [4.78, 5) is 21.2. The number of rotatable bonds is 9. The molecule has 0 N–H and O–H groups in total. The van der Waals surface area contributed by atoms with Crippen LogP contribution in [0.5, 0.6) is 0 Å². The zero-order chi connectivity index (χ0) is 12.2. The zero-order valence-corrected chi connectivity index (χ0v) is 10.4. The van der Waals surface area contributed by atoms with Crippen molar-refractivity contribution in [2.45, 2.75) is 51.9 Å². The number of esters is 1. The number of carbonyl (C=O) groups is 2. The fraction of sp³-hybridized carbons (Fsp3) is 0.818. The van der Waals surface area contributed by atoms with Gasteiger partial charge in [0.15, 0.2) is 0 Å². The van der Waals surface area contributed by atoms with Gasteiger partial charge in [0.2, 0.25) is 6.79 Å². The number of unbranched alkanes of at least 4 members (excludes halogenated alkanes) is 5. The molecule has 0 fully saturated rings. The normalized spacial score (nSPS) is 9.88.